The first kappa shape index (κ1) is 13.7. The Balaban J connectivity index is 0.00000196. The maximum absolute atomic E-state index is 10.6. The van der Waals surface area contributed by atoms with Crippen molar-refractivity contribution in [2.45, 2.75) is 6.10 Å². The lowest BCUT2D eigenvalue weighted by molar-refractivity contribution is 0.0693. The zero-order valence-electron chi connectivity index (χ0n) is 7.75. The molecule has 5 nitrogen and oxygen atoms in total. The fourth-order valence-corrected chi connectivity index (χ4v) is 1.07. The second kappa shape index (κ2) is 5.55. The molecule has 15 heavy (non-hydrogen) atoms. The number of aromatic hydroxyl groups is 1. The van der Waals surface area contributed by atoms with Gasteiger partial charge in [0.25, 0.3) is 0 Å². The van der Waals surface area contributed by atoms with Gasteiger partial charge in [0.15, 0.2) is 0 Å². The third kappa shape index (κ3) is 3.09. The van der Waals surface area contributed by atoms with Crippen molar-refractivity contribution in [2.24, 2.45) is 5.73 Å². The number of carbonyl (C=O) groups is 1. The van der Waals surface area contributed by atoms with Gasteiger partial charge in [-0.1, -0.05) is 6.07 Å². The maximum atomic E-state index is 10.6. The number of aliphatic hydroxyl groups is 1. The van der Waals surface area contributed by atoms with Crippen molar-refractivity contribution in [1.82, 2.24) is 0 Å². The number of phenols is 1. The fraction of sp³-hybridized carbons (Fsp3) is 0.222. The molecule has 0 amide bonds. The first-order valence-electron chi connectivity index (χ1n) is 4.00. The van der Waals surface area contributed by atoms with E-state index < -0.39 is 12.1 Å². The van der Waals surface area contributed by atoms with E-state index in [2.05, 4.69) is 0 Å². The van der Waals surface area contributed by atoms with Crippen molar-refractivity contribution in [2.75, 3.05) is 6.54 Å². The van der Waals surface area contributed by atoms with Crippen LogP contribution in [0.3, 0.4) is 0 Å². The predicted molar refractivity (Wildman–Crippen MR) is 56.3 cm³/mol. The zero-order valence-corrected chi connectivity index (χ0v) is 8.57. The van der Waals surface area contributed by atoms with Crippen LogP contribution in [-0.2, 0) is 0 Å². The predicted octanol–water partition coefficient (Wildman–Crippen LogP) is 0.504. The number of nitrogens with two attached hydrogens (primary N) is 1. The lowest BCUT2D eigenvalue weighted by Gasteiger charge is -2.09. The Morgan fingerprint density at radius 2 is 2.07 bits per heavy atom. The quantitative estimate of drug-likeness (QED) is 0.609. The van der Waals surface area contributed by atoms with Gasteiger partial charge in [0, 0.05) is 6.54 Å². The van der Waals surface area contributed by atoms with Crippen LogP contribution in [0.4, 0.5) is 0 Å². The molecule has 0 saturated carbocycles. The van der Waals surface area contributed by atoms with Crippen LogP contribution in [0.25, 0.3) is 0 Å². The Labute approximate surface area is 92.6 Å². The molecule has 84 valence electrons. The molecule has 0 bridgehead atoms. The molecule has 0 radical (unpaired) electrons. The SMILES string of the molecule is Cl.NCC(O)c1ccc(O)c(C(=O)O)c1. The van der Waals surface area contributed by atoms with Gasteiger partial charge in [0.05, 0.1) is 6.10 Å². The number of rotatable bonds is 3. The Hall–Kier alpha value is -1.30. The number of halogens is 1. The van der Waals surface area contributed by atoms with E-state index in [1.807, 2.05) is 0 Å². The lowest BCUT2D eigenvalue weighted by atomic mass is 10.1. The summed E-state index contributed by atoms with van der Waals surface area (Å²) >= 11 is 0. The fourth-order valence-electron chi connectivity index (χ4n) is 1.07. The number of aliphatic hydroxyl groups excluding tert-OH is 1. The standard InChI is InChI=1S/C9H11NO4.ClH/c10-4-8(12)5-1-2-7(11)6(3-5)9(13)14;/h1-3,8,11-12H,4,10H2,(H,13,14);1H. The molecule has 0 heterocycles. The van der Waals surface area contributed by atoms with Gasteiger partial charge in [-0.2, -0.15) is 0 Å². The number of hydrogen-bond donors (Lipinski definition) is 4. The van der Waals surface area contributed by atoms with Gasteiger partial charge in [0.1, 0.15) is 11.3 Å². The normalized spacial score (nSPS) is 11.6. The summed E-state index contributed by atoms with van der Waals surface area (Å²) in [5, 5.41) is 27.2. The average molecular weight is 234 g/mol. The van der Waals surface area contributed by atoms with E-state index in [-0.39, 0.29) is 30.3 Å². The smallest absolute Gasteiger partial charge is 0.339 e. The van der Waals surface area contributed by atoms with Crippen LogP contribution in [0.15, 0.2) is 18.2 Å². The maximum Gasteiger partial charge on any atom is 0.339 e. The molecule has 0 aliphatic carbocycles. The van der Waals surface area contributed by atoms with Gasteiger partial charge < -0.3 is 21.1 Å². The van der Waals surface area contributed by atoms with Crippen LogP contribution in [0, 0.1) is 0 Å². The molecule has 1 rings (SSSR count). The van der Waals surface area contributed by atoms with Crippen LogP contribution in [-0.4, -0.2) is 27.8 Å². The Morgan fingerprint density at radius 3 is 2.53 bits per heavy atom. The molecule has 0 saturated heterocycles. The van der Waals surface area contributed by atoms with Crippen LogP contribution in [0.5, 0.6) is 5.75 Å². The molecular formula is C9H12ClNO4. The van der Waals surface area contributed by atoms with Gasteiger partial charge >= 0.3 is 5.97 Å². The summed E-state index contributed by atoms with van der Waals surface area (Å²) in [6.07, 6.45) is -0.909. The van der Waals surface area contributed by atoms with Crippen molar-refractivity contribution >= 4 is 18.4 Å². The summed E-state index contributed by atoms with van der Waals surface area (Å²) in [5.74, 6) is -1.57. The zero-order chi connectivity index (χ0) is 10.7. The molecule has 1 aromatic carbocycles. The van der Waals surface area contributed by atoms with Crippen molar-refractivity contribution in [1.29, 1.82) is 0 Å². The van der Waals surface area contributed by atoms with Crippen molar-refractivity contribution in [3.05, 3.63) is 29.3 Å². The molecular weight excluding hydrogens is 222 g/mol. The summed E-state index contributed by atoms with van der Waals surface area (Å²) in [6, 6.07) is 3.85. The molecule has 1 aromatic rings. The molecule has 0 aliphatic heterocycles. The van der Waals surface area contributed by atoms with Gasteiger partial charge in [-0.15, -0.1) is 12.4 Å². The number of carboxylic acids is 1. The minimum absolute atomic E-state index is 0. The van der Waals surface area contributed by atoms with Crippen LogP contribution in [0.2, 0.25) is 0 Å². The summed E-state index contributed by atoms with van der Waals surface area (Å²) < 4.78 is 0. The molecule has 0 spiro atoms. The van der Waals surface area contributed by atoms with Gasteiger partial charge in [0.2, 0.25) is 0 Å². The summed E-state index contributed by atoms with van der Waals surface area (Å²) in [6.45, 7) is 0.00380. The number of benzene rings is 1. The highest BCUT2D eigenvalue weighted by molar-refractivity contribution is 5.90. The monoisotopic (exact) mass is 233 g/mol. The van der Waals surface area contributed by atoms with Crippen LogP contribution < -0.4 is 5.73 Å². The summed E-state index contributed by atoms with van der Waals surface area (Å²) in [7, 11) is 0. The molecule has 1 unspecified atom stereocenters. The van der Waals surface area contributed by atoms with Crippen LogP contribution >= 0.6 is 12.4 Å². The number of aromatic carboxylic acids is 1. The van der Waals surface area contributed by atoms with E-state index in [9.17, 15) is 9.90 Å². The molecule has 1 atom stereocenters. The van der Waals surface area contributed by atoms with E-state index in [4.69, 9.17) is 15.9 Å². The molecule has 0 aliphatic rings. The van der Waals surface area contributed by atoms with Crippen LogP contribution in [0.1, 0.15) is 22.0 Å². The highest BCUT2D eigenvalue weighted by atomic mass is 35.5. The third-order valence-electron chi connectivity index (χ3n) is 1.86. The topological polar surface area (TPSA) is 104 Å². The highest BCUT2D eigenvalue weighted by Crippen LogP contribution is 2.21. The molecule has 0 fully saturated rings. The highest BCUT2D eigenvalue weighted by Gasteiger charge is 2.13. The number of carboxylic acid groups (broad SMARTS) is 1. The van der Waals surface area contributed by atoms with Crippen molar-refractivity contribution in [3.63, 3.8) is 0 Å². The first-order valence-corrected chi connectivity index (χ1v) is 4.00. The minimum atomic E-state index is -1.24. The van der Waals surface area contributed by atoms with E-state index in [0.29, 0.717) is 5.56 Å². The van der Waals surface area contributed by atoms with Gasteiger partial charge in [-0.25, -0.2) is 4.79 Å². The van der Waals surface area contributed by atoms with E-state index >= 15 is 0 Å². The Kier molecular flexibility index (Phi) is 5.07. The van der Waals surface area contributed by atoms with Gasteiger partial charge in [-0.3, -0.25) is 0 Å². The number of hydrogen-bond acceptors (Lipinski definition) is 4. The van der Waals surface area contributed by atoms with Gasteiger partial charge in [-0.05, 0) is 17.7 Å². The molecule has 6 heteroatoms. The summed E-state index contributed by atoms with van der Waals surface area (Å²) in [5.41, 5.74) is 5.35. The largest absolute Gasteiger partial charge is 0.507 e. The van der Waals surface area contributed by atoms with E-state index in [1.54, 1.807) is 0 Å². The van der Waals surface area contributed by atoms with Crippen molar-refractivity contribution in [3.8, 4) is 5.75 Å². The molecule has 0 aromatic heterocycles. The molecule has 5 N–H and O–H groups in total. The summed E-state index contributed by atoms with van der Waals surface area (Å²) in [4.78, 5) is 10.6. The third-order valence-corrected chi connectivity index (χ3v) is 1.86. The average Bonchev–Trinajstić information content (AvgIpc) is 2.17. The second-order valence-corrected chi connectivity index (χ2v) is 2.83. The minimum Gasteiger partial charge on any atom is -0.507 e. The van der Waals surface area contributed by atoms with E-state index in [1.165, 1.54) is 18.2 Å². The Morgan fingerprint density at radius 1 is 1.47 bits per heavy atom. The Bertz CT molecular complexity index is 356. The van der Waals surface area contributed by atoms with E-state index in [0.717, 1.165) is 0 Å². The first-order chi connectivity index (χ1) is 6.56. The van der Waals surface area contributed by atoms with Crippen molar-refractivity contribution < 1.29 is 20.1 Å². The lowest BCUT2D eigenvalue weighted by Crippen LogP contribution is -2.12. The second-order valence-electron chi connectivity index (χ2n) is 2.83.